The average Bonchev–Trinajstić information content (AvgIpc) is 3.41. The van der Waals surface area contributed by atoms with Crippen LogP contribution in [0.4, 0.5) is 14.9 Å². The first kappa shape index (κ1) is 20.0. The van der Waals surface area contributed by atoms with Gasteiger partial charge >= 0.3 is 0 Å². The summed E-state index contributed by atoms with van der Waals surface area (Å²) in [6.07, 6.45) is 5.80. The van der Waals surface area contributed by atoms with Crippen LogP contribution in [0, 0.1) is 0 Å². The van der Waals surface area contributed by atoms with Crippen LogP contribution in [-0.2, 0) is 11.8 Å². The third-order valence-electron chi connectivity index (χ3n) is 5.48. The molecule has 2 aromatic rings. The number of alkyl halides is 1. The Labute approximate surface area is 163 Å². The van der Waals surface area contributed by atoms with Crippen LogP contribution in [-0.4, -0.2) is 57.9 Å². The van der Waals surface area contributed by atoms with E-state index in [1.807, 2.05) is 41.4 Å². The van der Waals surface area contributed by atoms with Gasteiger partial charge in [0.25, 0.3) is 0 Å². The van der Waals surface area contributed by atoms with Gasteiger partial charge in [-0.05, 0) is 36.6 Å². The molecule has 2 aromatic heterocycles. The minimum absolute atomic E-state index is 0. The second kappa shape index (κ2) is 8.08. The van der Waals surface area contributed by atoms with Crippen molar-refractivity contribution in [3.05, 3.63) is 42.7 Å². The maximum Gasteiger partial charge on any atom is 0.245 e. The van der Waals surface area contributed by atoms with Crippen molar-refractivity contribution in [3.63, 3.8) is 0 Å². The molecule has 0 saturated carbocycles. The van der Waals surface area contributed by atoms with Gasteiger partial charge in [0.05, 0.1) is 12.2 Å². The zero-order valence-electron chi connectivity index (χ0n) is 15.9. The monoisotopic (exact) mass is 389 g/mol. The van der Waals surface area contributed by atoms with Crippen LogP contribution < -0.4 is 4.90 Å². The number of carbonyl (C=O) groups is 1. The molecule has 28 heavy (non-hydrogen) atoms. The highest BCUT2D eigenvalue weighted by Crippen LogP contribution is 2.36. The second-order valence-electron chi connectivity index (χ2n) is 7.31. The Kier molecular flexibility index (Phi) is 5.76. The third-order valence-corrected chi connectivity index (χ3v) is 5.48. The van der Waals surface area contributed by atoms with Crippen LogP contribution in [0.5, 0.6) is 0 Å². The lowest BCUT2D eigenvalue weighted by Gasteiger charge is -2.21. The Bertz CT molecular complexity index is 868. The van der Waals surface area contributed by atoms with Crippen molar-refractivity contribution in [2.24, 2.45) is 7.05 Å². The van der Waals surface area contributed by atoms with Crippen molar-refractivity contribution in [3.8, 4) is 11.3 Å². The lowest BCUT2D eigenvalue weighted by molar-refractivity contribution is -0.125. The quantitative estimate of drug-likeness (QED) is 0.755. The Balaban J connectivity index is 0.00000225. The molecule has 0 bridgehead atoms. The fraction of sp³-hybridized carbons (Fsp3) is 0.450. The number of carbonyl (C=O) groups excluding carboxylic acids is 1. The van der Waals surface area contributed by atoms with E-state index in [1.165, 1.54) is 6.08 Å². The summed E-state index contributed by atoms with van der Waals surface area (Å²) in [5, 5.41) is 4.57. The van der Waals surface area contributed by atoms with E-state index in [0.29, 0.717) is 32.6 Å². The number of aromatic nitrogens is 3. The van der Waals surface area contributed by atoms with E-state index in [0.717, 1.165) is 29.1 Å². The Morgan fingerprint density at radius 1 is 1.32 bits per heavy atom. The van der Waals surface area contributed by atoms with E-state index in [-0.39, 0.29) is 16.5 Å². The molecule has 1 unspecified atom stereocenters. The lowest BCUT2D eigenvalue weighted by atomic mass is 9.93. The zero-order valence-corrected chi connectivity index (χ0v) is 15.9. The summed E-state index contributed by atoms with van der Waals surface area (Å²) in [6.45, 7) is 6.02. The molecular formula is C20H25F2N5O. The molecule has 2 atom stereocenters. The number of likely N-dealkylation sites (tertiary alicyclic amines) is 1. The maximum absolute atomic E-state index is 13.6. The minimum Gasteiger partial charge on any atom is -0.354 e. The summed E-state index contributed by atoms with van der Waals surface area (Å²) in [5.74, 6) is 0.962. The predicted molar refractivity (Wildman–Crippen MR) is 105 cm³/mol. The van der Waals surface area contributed by atoms with Crippen LogP contribution >= 0.6 is 0 Å². The zero-order chi connectivity index (χ0) is 19.0. The van der Waals surface area contributed by atoms with Crippen LogP contribution in [0.15, 0.2) is 37.2 Å². The molecule has 2 aliphatic heterocycles. The number of rotatable bonds is 4. The molecule has 2 fully saturated rings. The van der Waals surface area contributed by atoms with Gasteiger partial charge in [0.2, 0.25) is 5.91 Å². The van der Waals surface area contributed by atoms with Gasteiger partial charge in [0.1, 0.15) is 12.0 Å². The first-order valence-electron chi connectivity index (χ1n) is 9.35. The van der Waals surface area contributed by atoms with E-state index < -0.39 is 6.17 Å². The first-order valence-corrected chi connectivity index (χ1v) is 9.35. The molecule has 4 heterocycles. The lowest BCUT2D eigenvalue weighted by Crippen LogP contribution is -2.26. The Hall–Kier alpha value is -2.77. The van der Waals surface area contributed by atoms with Crippen LogP contribution in [0.3, 0.4) is 0 Å². The molecule has 150 valence electrons. The molecular weight excluding hydrogens is 364 g/mol. The highest BCUT2D eigenvalue weighted by atomic mass is 19.1. The van der Waals surface area contributed by atoms with Crippen molar-refractivity contribution in [1.82, 2.24) is 19.7 Å². The molecule has 0 spiro atoms. The van der Waals surface area contributed by atoms with Crippen LogP contribution in [0.25, 0.3) is 11.3 Å². The normalized spacial score (nSPS) is 21.6. The van der Waals surface area contributed by atoms with E-state index in [9.17, 15) is 9.18 Å². The number of aryl methyl sites for hydroxylation is 1. The summed E-state index contributed by atoms with van der Waals surface area (Å²) in [6, 6.07) is 4.00. The van der Waals surface area contributed by atoms with Gasteiger partial charge < -0.3 is 9.80 Å². The van der Waals surface area contributed by atoms with Crippen molar-refractivity contribution < 1.29 is 13.9 Å². The number of hydrogen-bond donors (Lipinski definition) is 0. The summed E-state index contributed by atoms with van der Waals surface area (Å²) in [4.78, 5) is 20.4. The van der Waals surface area contributed by atoms with Crippen molar-refractivity contribution in [1.29, 1.82) is 0 Å². The SMILES string of the molecule is C=CC(=O)N1CCC(c2cnc(N3CC[C@H](F)C3)cc2-c2ccn(C)n2)C1.F. The number of halogens is 2. The maximum atomic E-state index is 13.6. The van der Waals surface area contributed by atoms with Crippen molar-refractivity contribution in [2.45, 2.75) is 24.9 Å². The van der Waals surface area contributed by atoms with Gasteiger partial charge in [-0.3, -0.25) is 14.2 Å². The van der Waals surface area contributed by atoms with Gasteiger partial charge in [-0.15, -0.1) is 0 Å². The van der Waals surface area contributed by atoms with Gasteiger partial charge in [0.15, 0.2) is 0 Å². The van der Waals surface area contributed by atoms with Gasteiger partial charge in [-0.1, -0.05) is 6.58 Å². The first-order chi connectivity index (χ1) is 13.0. The standard InChI is InChI=1S/C20H24FN5O.FH/c1-3-20(27)26-8-4-14(12-26)17-11-22-19(25-9-5-15(21)13-25)10-16(17)18-6-7-24(2)23-18;/h3,6-7,10-11,14-15H,1,4-5,8-9,12-13H2,2H3;1H/t14?,15-;/m0./s1. The molecule has 6 nitrogen and oxygen atoms in total. The number of pyridine rings is 1. The summed E-state index contributed by atoms with van der Waals surface area (Å²) < 4.78 is 15.4. The molecule has 1 amide bonds. The smallest absolute Gasteiger partial charge is 0.245 e. The van der Waals surface area contributed by atoms with E-state index >= 15 is 0 Å². The highest BCUT2D eigenvalue weighted by molar-refractivity contribution is 5.87. The molecule has 2 aliphatic rings. The number of amides is 1. The largest absolute Gasteiger partial charge is 0.354 e. The molecule has 0 aromatic carbocycles. The molecule has 0 aliphatic carbocycles. The van der Waals surface area contributed by atoms with Gasteiger partial charge in [-0.2, -0.15) is 5.10 Å². The molecule has 8 heteroatoms. The summed E-state index contributed by atoms with van der Waals surface area (Å²) in [7, 11) is 1.89. The predicted octanol–water partition coefficient (Wildman–Crippen LogP) is 2.68. The van der Waals surface area contributed by atoms with Gasteiger partial charge in [0, 0.05) is 50.6 Å². The highest BCUT2D eigenvalue weighted by Gasteiger charge is 2.30. The summed E-state index contributed by atoms with van der Waals surface area (Å²) in [5.41, 5.74) is 2.98. The number of anilines is 1. The Morgan fingerprint density at radius 2 is 2.14 bits per heavy atom. The van der Waals surface area contributed by atoms with Crippen LogP contribution in [0.1, 0.15) is 24.3 Å². The van der Waals surface area contributed by atoms with E-state index in [1.54, 1.807) is 4.68 Å². The van der Waals surface area contributed by atoms with Gasteiger partial charge in [-0.25, -0.2) is 9.37 Å². The molecule has 0 N–H and O–H groups in total. The van der Waals surface area contributed by atoms with Crippen molar-refractivity contribution in [2.75, 3.05) is 31.1 Å². The molecule has 0 radical (unpaired) electrons. The Morgan fingerprint density at radius 3 is 2.79 bits per heavy atom. The van der Waals surface area contributed by atoms with E-state index in [4.69, 9.17) is 0 Å². The summed E-state index contributed by atoms with van der Waals surface area (Å²) >= 11 is 0. The second-order valence-corrected chi connectivity index (χ2v) is 7.31. The average molecular weight is 389 g/mol. The van der Waals surface area contributed by atoms with Crippen LogP contribution in [0.2, 0.25) is 0 Å². The van der Waals surface area contributed by atoms with E-state index in [2.05, 4.69) is 16.7 Å². The van der Waals surface area contributed by atoms with Crippen molar-refractivity contribution >= 4 is 11.7 Å². The molecule has 4 rings (SSSR count). The third kappa shape index (κ3) is 3.76. The number of nitrogens with zero attached hydrogens (tertiary/aromatic N) is 5. The minimum atomic E-state index is -0.793. The fourth-order valence-electron chi connectivity index (χ4n) is 4.00. The number of hydrogen-bond acceptors (Lipinski definition) is 4. The fourth-order valence-corrected chi connectivity index (χ4v) is 4.00. The molecule has 2 saturated heterocycles. The topological polar surface area (TPSA) is 54.3 Å².